The monoisotopic (exact) mass is 491 g/mol. The summed E-state index contributed by atoms with van der Waals surface area (Å²) in [6.45, 7) is 7.51. The minimum absolute atomic E-state index is 0. The number of methoxy groups -OCH3 is 3. The highest BCUT2D eigenvalue weighted by Crippen LogP contribution is 2.39. The van der Waals surface area contributed by atoms with Gasteiger partial charge in [-0.25, -0.2) is 0 Å². The number of nitrogens with one attached hydrogen (secondary N) is 1. The van der Waals surface area contributed by atoms with Gasteiger partial charge in [0.05, 0.1) is 21.3 Å². The molecule has 1 aromatic carbocycles. The van der Waals surface area contributed by atoms with E-state index < -0.39 is 0 Å². The third-order valence-corrected chi connectivity index (χ3v) is 4.84. The molecule has 2 unspecified atom stereocenters. The van der Waals surface area contributed by atoms with Crippen molar-refractivity contribution in [2.24, 2.45) is 16.8 Å². The molecule has 7 heteroatoms. The van der Waals surface area contributed by atoms with Crippen molar-refractivity contribution in [1.82, 2.24) is 10.2 Å². The molecule has 1 fully saturated rings. The molecule has 0 radical (unpaired) electrons. The second-order valence-electron chi connectivity index (χ2n) is 7.07. The van der Waals surface area contributed by atoms with Crippen LogP contribution in [0.15, 0.2) is 17.1 Å². The van der Waals surface area contributed by atoms with Crippen molar-refractivity contribution in [2.45, 2.75) is 26.7 Å². The zero-order valence-corrected chi connectivity index (χ0v) is 19.7. The Kier molecular flexibility index (Phi) is 10.0. The van der Waals surface area contributed by atoms with E-state index in [4.69, 9.17) is 14.2 Å². The van der Waals surface area contributed by atoms with E-state index in [0.717, 1.165) is 43.3 Å². The Labute approximate surface area is 180 Å². The number of guanidine groups is 1. The molecule has 1 aliphatic rings. The van der Waals surface area contributed by atoms with Gasteiger partial charge in [0.25, 0.3) is 0 Å². The second-order valence-corrected chi connectivity index (χ2v) is 7.07. The number of hydrogen-bond donors (Lipinski definition) is 1. The molecule has 0 amide bonds. The Hall–Kier alpha value is -1.38. The molecule has 0 saturated carbocycles. The number of likely N-dealkylation sites (tertiary alicyclic amines) is 1. The van der Waals surface area contributed by atoms with Crippen LogP contribution in [-0.4, -0.2) is 58.9 Å². The number of halogens is 1. The molecule has 1 saturated heterocycles. The first kappa shape index (κ1) is 23.7. The number of piperidine rings is 1. The van der Waals surface area contributed by atoms with Gasteiger partial charge in [-0.1, -0.05) is 19.9 Å². The number of ether oxygens (including phenoxy) is 3. The number of hydrogen-bond acceptors (Lipinski definition) is 4. The van der Waals surface area contributed by atoms with Crippen molar-refractivity contribution >= 4 is 29.9 Å². The Balaban J connectivity index is 0.00000364. The van der Waals surface area contributed by atoms with Gasteiger partial charge in [0.2, 0.25) is 5.75 Å². The summed E-state index contributed by atoms with van der Waals surface area (Å²) >= 11 is 0. The first-order valence-corrected chi connectivity index (χ1v) is 9.27. The van der Waals surface area contributed by atoms with Gasteiger partial charge >= 0.3 is 0 Å². The maximum absolute atomic E-state index is 5.56. The Morgan fingerprint density at radius 2 is 1.70 bits per heavy atom. The molecule has 2 atom stereocenters. The Morgan fingerprint density at radius 1 is 1.07 bits per heavy atom. The van der Waals surface area contributed by atoms with Gasteiger partial charge in [-0.15, -0.1) is 24.0 Å². The van der Waals surface area contributed by atoms with E-state index in [-0.39, 0.29) is 24.0 Å². The van der Waals surface area contributed by atoms with E-state index >= 15 is 0 Å². The largest absolute Gasteiger partial charge is 0.493 e. The first-order chi connectivity index (χ1) is 12.5. The molecule has 27 heavy (non-hydrogen) atoms. The molecule has 0 spiro atoms. The highest BCUT2D eigenvalue weighted by atomic mass is 127. The van der Waals surface area contributed by atoms with Gasteiger partial charge < -0.3 is 24.4 Å². The van der Waals surface area contributed by atoms with E-state index in [9.17, 15) is 0 Å². The van der Waals surface area contributed by atoms with Gasteiger partial charge in [-0.05, 0) is 30.7 Å². The van der Waals surface area contributed by atoms with Crippen molar-refractivity contribution in [2.75, 3.05) is 48.0 Å². The molecule has 1 aromatic rings. The van der Waals surface area contributed by atoms with Crippen LogP contribution < -0.4 is 19.5 Å². The topological polar surface area (TPSA) is 55.3 Å². The number of aliphatic imine (C=N–C) groups is 1. The maximum Gasteiger partial charge on any atom is 0.203 e. The van der Waals surface area contributed by atoms with Crippen molar-refractivity contribution < 1.29 is 14.2 Å². The van der Waals surface area contributed by atoms with Gasteiger partial charge in [0, 0.05) is 32.2 Å². The van der Waals surface area contributed by atoms with Gasteiger partial charge in [-0.2, -0.15) is 0 Å². The van der Waals surface area contributed by atoms with E-state index in [1.165, 1.54) is 6.42 Å². The lowest BCUT2D eigenvalue weighted by Gasteiger charge is -2.37. The van der Waals surface area contributed by atoms with Crippen LogP contribution in [0.1, 0.15) is 25.8 Å². The lowest BCUT2D eigenvalue weighted by atomic mass is 9.92. The normalized spacial score (nSPS) is 19.9. The maximum atomic E-state index is 5.56. The summed E-state index contributed by atoms with van der Waals surface area (Å²) in [5.41, 5.74) is 1.08. The third-order valence-electron chi connectivity index (χ3n) is 4.84. The summed E-state index contributed by atoms with van der Waals surface area (Å²) in [5, 5.41) is 3.49. The van der Waals surface area contributed by atoms with Gasteiger partial charge in [0.1, 0.15) is 0 Å². The average Bonchev–Trinajstić information content (AvgIpc) is 2.63. The lowest BCUT2D eigenvalue weighted by Crippen LogP contribution is -2.48. The Bertz CT molecular complexity index is 615. The van der Waals surface area contributed by atoms with Crippen LogP contribution in [-0.2, 0) is 6.42 Å². The predicted molar refractivity (Wildman–Crippen MR) is 121 cm³/mol. The smallest absolute Gasteiger partial charge is 0.203 e. The number of rotatable bonds is 6. The molecule has 154 valence electrons. The molecule has 0 aliphatic carbocycles. The standard InChI is InChI=1S/C20H33N3O3.HI/c1-14-11-15(2)13-23(12-14)20(21-3)22-10-9-16-7-8-17(24-4)19(26-6)18(16)25-5;/h7-8,14-15H,9-13H2,1-6H3,(H,21,22);1H. The van der Waals surface area contributed by atoms with Crippen LogP contribution >= 0.6 is 24.0 Å². The van der Waals surface area contributed by atoms with Crippen LogP contribution in [0, 0.1) is 11.8 Å². The molecule has 6 nitrogen and oxygen atoms in total. The highest BCUT2D eigenvalue weighted by Gasteiger charge is 2.24. The number of nitrogens with zero attached hydrogens (tertiary/aromatic N) is 2. The summed E-state index contributed by atoms with van der Waals surface area (Å²) < 4.78 is 16.4. The van der Waals surface area contributed by atoms with Crippen molar-refractivity contribution in [3.63, 3.8) is 0 Å². The van der Waals surface area contributed by atoms with Crippen molar-refractivity contribution in [1.29, 1.82) is 0 Å². The molecular weight excluding hydrogens is 457 g/mol. The zero-order valence-electron chi connectivity index (χ0n) is 17.4. The third kappa shape index (κ3) is 6.05. The predicted octanol–water partition coefficient (Wildman–Crippen LogP) is 3.43. The second kappa shape index (κ2) is 11.5. The van der Waals surface area contributed by atoms with Gasteiger partial charge in [0.15, 0.2) is 17.5 Å². The van der Waals surface area contributed by atoms with Crippen LogP contribution in [0.5, 0.6) is 17.2 Å². The summed E-state index contributed by atoms with van der Waals surface area (Å²) in [5.74, 6) is 4.40. The van der Waals surface area contributed by atoms with E-state index in [2.05, 4.69) is 29.1 Å². The summed E-state index contributed by atoms with van der Waals surface area (Å²) in [6.07, 6.45) is 2.10. The van der Waals surface area contributed by atoms with Crippen LogP contribution in [0.4, 0.5) is 0 Å². The molecule has 0 aromatic heterocycles. The quantitative estimate of drug-likeness (QED) is 0.376. The highest BCUT2D eigenvalue weighted by molar-refractivity contribution is 14.0. The summed E-state index contributed by atoms with van der Waals surface area (Å²) in [6, 6.07) is 3.94. The molecule has 1 aliphatic heterocycles. The fourth-order valence-electron chi connectivity index (χ4n) is 3.84. The Morgan fingerprint density at radius 3 is 2.22 bits per heavy atom. The lowest BCUT2D eigenvalue weighted by molar-refractivity contribution is 0.208. The molecule has 1 heterocycles. The first-order valence-electron chi connectivity index (χ1n) is 9.27. The molecular formula is C20H34IN3O3. The van der Waals surface area contributed by atoms with Crippen LogP contribution in [0.2, 0.25) is 0 Å². The van der Waals surface area contributed by atoms with E-state index in [1.54, 1.807) is 21.3 Å². The van der Waals surface area contributed by atoms with E-state index in [1.807, 2.05) is 19.2 Å². The summed E-state index contributed by atoms with van der Waals surface area (Å²) in [7, 11) is 6.76. The fraction of sp³-hybridized carbons (Fsp3) is 0.650. The number of benzene rings is 1. The molecule has 1 N–H and O–H groups in total. The van der Waals surface area contributed by atoms with Crippen molar-refractivity contribution in [3.05, 3.63) is 17.7 Å². The van der Waals surface area contributed by atoms with Crippen LogP contribution in [0.25, 0.3) is 0 Å². The molecule has 2 rings (SSSR count). The average molecular weight is 491 g/mol. The SMILES string of the molecule is CN=C(NCCc1ccc(OC)c(OC)c1OC)N1CC(C)CC(C)C1.I. The van der Waals surface area contributed by atoms with Crippen molar-refractivity contribution in [3.8, 4) is 17.2 Å². The molecule has 0 bridgehead atoms. The fourth-order valence-corrected chi connectivity index (χ4v) is 3.84. The minimum Gasteiger partial charge on any atom is -0.493 e. The summed E-state index contributed by atoms with van der Waals surface area (Å²) in [4.78, 5) is 6.84. The van der Waals surface area contributed by atoms with E-state index in [0.29, 0.717) is 23.3 Å². The zero-order chi connectivity index (χ0) is 19.1. The minimum atomic E-state index is 0. The van der Waals surface area contributed by atoms with Gasteiger partial charge in [-0.3, -0.25) is 4.99 Å². The van der Waals surface area contributed by atoms with Crippen LogP contribution in [0.3, 0.4) is 0 Å².